The van der Waals surface area contributed by atoms with E-state index in [-0.39, 0.29) is 5.82 Å². The van der Waals surface area contributed by atoms with Gasteiger partial charge in [0.05, 0.1) is 5.69 Å². The molecule has 3 nitrogen and oxygen atoms in total. The van der Waals surface area contributed by atoms with Crippen molar-refractivity contribution in [3.05, 3.63) is 23.4 Å². The molecule has 0 fully saturated rings. The van der Waals surface area contributed by atoms with E-state index in [9.17, 15) is 0 Å². The Hall–Kier alpha value is -1.22. The van der Waals surface area contributed by atoms with E-state index >= 15 is 0 Å². The summed E-state index contributed by atoms with van der Waals surface area (Å²) in [5.41, 5.74) is 12.1. The van der Waals surface area contributed by atoms with Gasteiger partial charge in [0.1, 0.15) is 11.0 Å². The highest BCUT2D eigenvalue weighted by Crippen LogP contribution is 2.22. The highest BCUT2D eigenvalue weighted by atomic mass is 35.5. The number of nitrogens with two attached hydrogens (primary N) is 2. The van der Waals surface area contributed by atoms with Crippen LogP contribution in [0.2, 0.25) is 5.15 Å². The lowest BCUT2D eigenvalue weighted by atomic mass is 10.2. The van der Waals surface area contributed by atoms with Crippen molar-refractivity contribution in [2.45, 2.75) is 0 Å². The average Bonchev–Trinajstić information content (AvgIpc) is 1.96. The molecule has 0 saturated heterocycles. The zero-order valence-electron chi connectivity index (χ0n) is 5.84. The molecule has 1 aromatic heterocycles. The van der Waals surface area contributed by atoms with E-state index in [0.29, 0.717) is 16.4 Å². The number of anilines is 2. The van der Waals surface area contributed by atoms with Gasteiger partial charge in [0.15, 0.2) is 0 Å². The van der Waals surface area contributed by atoms with E-state index in [4.69, 9.17) is 23.1 Å². The minimum absolute atomic E-state index is 0.243. The Morgan fingerprint density at radius 3 is 2.73 bits per heavy atom. The Bertz CT molecular complexity index is 296. The number of nitrogen functional groups attached to an aromatic ring is 2. The first-order chi connectivity index (χ1) is 5.15. The largest absolute Gasteiger partial charge is 0.395 e. The van der Waals surface area contributed by atoms with Crippen LogP contribution < -0.4 is 11.5 Å². The van der Waals surface area contributed by atoms with Gasteiger partial charge in [-0.25, -0.2) is 4.98 Å². The van der Waals surface area contributed by atoms with Gasteiger partial charge in [-0.2, -0.15) is 0 Å². The zero-order chi connectivity index (χ0) is 8.43. The summed E-state index contributed by atoms with van der Waals surface area (Å²) in [7, 11) is 0. The van der Waals surface area contributed by atoms with Crippen LogP contribution in [0.25, 0.3) is 6.08 Å². The normalized spacial score (nSPS) is 9.55. The summed E-state index contributed by atoms with van der Waals surface area (Å²) in [6, 6.07) is 1.61. The lowest BCUT2D eigenvalue weighted by molar-refractivity contribution is 1.33. The Balaban J connectivity index is 3.35. The van der Waals surface area contributed by atoms with Crippen LogP contribution in [-0.4, -0.2) is 4.98 Å². The van der Waals surface area contributed by atoms with Gasteiger partial charge >= 0.3 is 0 Å². The van der Waals surface area contributed by atoms with Crippen molar-refractivity contribution in [1.29, 1.82) is 0 Å². The van der Waals surface area contributed by atoms with E-state index in [2.05, 4.69) is 11.6 Å². The molecule has 0 saturated carbocycles. The van der Waals surface area contributed by atoms with Crippen LogP contribution in [0.3, 0.4) is 0 Å². The number of hydrogen-bond donors (Lipinski definition) is 2. The highest BCUT2D eigenvalue weighted by molar-refractivity contribution is 6.29. The SMILES string of the molecule is C=Cc1cc(Cl)nc(N)c1N. The predicted molar refractivity (Wildman–Crippen MR) is 48.2 cm³/mol. The van der Waals surface area contributed by atoms with Crippen molar-refractivity contribution in [1.82, 2.24) is 4.98 Å². The summed E-state index contributed by atoms with van der Waals surface area (Å²) in [5.74, 6) is 0.243. The second-order valence-corrected chi connectivity index (χ2v) is 2.42. The molecule has 0 atom stereocenters. The van der Waals surface area contributed by atoms with Crippen molar-refractivity contribution >= 4 is 29.2 Å². The summed E-state index contributed by atoms with van der Waals surface area (Å²) >= 11 is 5.61. The fourth-order valence-corrected chi connectivity index (χ4v) is 0.939. The molecule has 1 rings (SSSR count). The molecule has 0 bridgehead atoms. The monoisotopic (exact) mass is 169 g/mol. The standard InChI is InChI=1S/C7H8ClN3/c1-2-4-3-5(8)11-7(10)6(4)9/h2-3H,1,9H2,(H2,10,11). The maximum Gasteiger partial charge on any atom is 0.149 e. The first-order valence-electron chi connectivity index (χ1n) is 2.99. The number of aromatic nitrogens is 1. The summed E-state index contributed by atoms with van der Waals surface area (Å²) in [4.78, 5) is 3.75. The number of hydrogen-bond acceptors (Lipinski definition) is 3. The summed E-state index contributed by atoms with van der Waals surface area (Å²) in [6.07, 6.45) is 1.58. The number of halogens is 1. The third-order valence-electron chi connectivity index (χ3n) is 1.31. The van der Waals surface area contributed by atoms with Gasteiger partial charge in [-0.15, -0.1) is 0 Å². The molecule has 1 aromatic rings. The lowest BCUT2D eigenvalue weighted by Gasteiger charge is -2.02. The molecule has 0 radical (unpaired) electrons. The second kappa shape index (κ2) is 2.80. The maximum absolute atomic E-state index is 5.61. The zero-order valence-corrected chi connectivity index (χ0v) is 6.60. The smallest absolute Gasteiger partial charge is 0.149 e. The van der Waals surface area contributed by atoms with Gasteiger partial charge in [0.2, 0.25) is 0 Å². The average molecular weight is 170 g/mol. The predicted octanol–water partition coefficient (Wildman–Crippen LogP) is 1.54. The van der Waals surface area contributed by atoms with E-state index in [1.54, 1.807) is 12.1 Å². The van der Waals surface area contributed by atoms with Gasteiger partial charge in [-0.1, -0.05) is 24.3 Å². The third kappa shape index (κ3) is 1.43. The molecule has 0 aliphatic heterocycles. The van der Waals surface area contributed by atoms with Crippen molar-refractivity contribution in [2.24, 2.45) is 0 Å². The Morgan fingerprint density at radius 2 is 2.18 bits per heavy atom. The van der Waals surface area contributed by atoms with Crippen molar-refractivity contribution in [2.75, 3.05) is 11.5 Å². The number of rotatable bonds is 1. The van der Waals surface area contributed by atoms with Crippen LogP contribution in [0.4, 0.5) is 11.5 Å². The van der Waals surface area contributed by atoms with Crippen LogP contribution in [-0.2, 0) is 0 Å². The van der Waals surface area contributed by atoms with Crippen molar-refractivity contribution in [3.63, 3.8) is 0 Å². The van der Waals surface area contributed by atoms with Crippen LogP contribution in [0, 0.1) is 0 Å². The molecule has 1 heterocycles. The van der Waals surface area contributed by atoms with Crippen LogP contribution >= 0.6 is 11.6 Å². The topological polar surface area (TPSA) is 64.9 Å². The fraction of sp³-hybridized carbons (Fsp3) is 0. The molecule has 11 heavy (non-hydrogen) atoms. The third-order valence-corrected chi connectivity index (χ3v) is 1.50. The second-order valence-electron chi connectivity index (χ2n) is 2.04. The van der Waals surface area contributed by atoms with Gasteiger partial charge in [0, 0.05) is 5.56 Å². The van der Waals surface area contributed by atoms with Crippen LogP contribution in [0.5, 0.6) is 0 Å². The Labute approximate surface area is 69.7 Å². The molecule has 0 aliphatic rings. The Kier molecular flexibility index (Phi) is 2.01. The van der Waals surface area contributed by atoms with Gasteiger partial charge in [-0.3, -0.25) is 0 Å². The van der Waals surface area contributed by atoms with Gasteiger partial charge in [0.25, 0.3) is 0 Å². The first kappa shape index (κ1) is 7.88. The summed E-state index contributed by atoms with van der Waals surface area (Å²) in [5, 5.41) is 0.326. The molecule has 0 amide bonds. The summed E-state index contributed by atoms with van der Waals surface area (Å²) in [6.45, 7) is 3.55. The Morgan fingerprint density at radius 1 is 1.55 bits per heavy atom. The molecule has 0 aliphatic carbocycles. The number of nitrogens with zero attached hydrogens (tertiary/aromatic N) is 1. The highest BCUT2D eigenvalue weighted by Gasteiger charge is 2.02. The van der Waals surface area contributed by atoms with Crippen molar-refractivity contribution < 1.29 is 0 Å². The van der Waals surface area contributed by atoms with E-state index in [1.807, 2.05) is 0 Å². The molecule has 0 aromatic carbocycles. The van der Waals surface area contributed by atoms with E-state index in [0.717, 1.165) is 0 Å². The minimum atomic E-state index is 0.243. The summed E-state index contributed by atoms with van der Waals surface area (Å²) < 4.78 is 0. The molecule has 58 valence electrons. The lowest BCUT2D eigenvalue weighted by Crippen LogP contribution is -1.99. The molecule has 4 heteroatoms. The first-order valence-corrected chi connectivity index (χ1v) is 3.37. The molecule has 4 N–H and O–H groups in total. The minimum Gasteiger partial charge on any atom is -0.395 e. The van der Waals surface area contributed by atoms with Gasteiger partial charge < -0.3 is 11.5 Å². The molecule has 0 spiro atoms. The molecule has 0 unspecified atom stereocenters. The van der Waals surface area contributed by atoms with Crippen LogP contribution in [0.1, 0.15) is 5.56 Å². The van der Waals surface area contributed by atoms with Crippen LogP contribution in [0.15, 0.2) is 12.6 Å². The fourth-order valence-electron chi connectivity index (χ4n) is 0.730. The van der Waals surface area contributed by atoms with Crippen molar-refractivity contribution in [3.8, 4) is 0 Å². The quantitative estimate of drug-likeness (QED) is 0.627. The maximum atomic E-state index is 5.61. The van der Waals surface area contributed by atoms with E-state index < -0.39 is 0 Å². The molecular weight excluding hydrogens is 162 g/mol. The van der Waals surface area contributed by atoms with Gasteiger partial charge in [-0.05, 0) is 6.07 Å². The molecular formula is C7H8ClN3. The van der Waals surface area contributed by atoms with E-state index in [1.165, 1.54) is 0 Å². The number of pyridine rings is 1.